The fraction of sp³-hybridized carbons (Fsp3) is 0.467. The van der Waals surface area contributed by atoms with Gasteiger partial charge in [-0.2, -0.15) is 4.98 Å². The molecule has 1 aromatic carbocycles. The van der Waals surface area contributed by atoms with Crippen molar-refractivity contribution >= 4 is 0 Å². The van der Waals surface area contributed by atoms with E-state index >= 15 is 0 Å². The van der Waals surface area contributed by atoms with E-state index in [0.717, 1.165) is 25.0 Å². The van der Waals surface area contributed by atoms with Gasteiger partial charge in [-0.05, 0) is 24.8 Å². The molecule has 0 bridgehead atoms. The summed E-state index contributed by atoms with van der Waals surface area (Å²) in [5, 5.41) is 4.01. The van der Waals surface area contributed by atoms with Gasteiger partial charge in [-0.15, -0.1) is 0 Å². The van der Waals surface area contributed by atoms with E-state index in [1.807, 2.05) is 30.3 Å². The molecule has 5 heteroatoms. The Hall–Kier alpha value is -1.72. The quantitative estimate of drug-likeness (QED) is 0.924. The number of benzene rings is 1. The van der Waals surface area contributed by atoms with Gasteiger partial charge in [0, 0.05) is 13.0 Å². The fourth-order valence-electron chi connectivity index (χ4n) is 2.45. The van der Waals surface area contributed by atoms with Gasteiger partial charge in [0.15, 0.2) is 5.82 Å². The first-order valence-electron chi connectivity index (χ1n) is 7.07. The minimum absolute atomic E-state index is 0.210. The molecule has 2 atom stereocenters. The van der Waals surface area contributed by atoms with Crippen molar-refractivity contribution < 1.29 is 9.26 Å². The zero-order valence-corrected chi connectivity index (χ0v) is 11.4. The lowest BCUT2D eigenvalue weighted by Crippen LogP contribution is -2.22. The third kappa shape index (κ3) is 3.05. The normalized spacial score (nSPS) is 20.8. The Labute approximate surface area is 118 Å². The largest absolute Gasteiger partial charge is 0.378 e. The molecule has 2 aromatic rings. The highest BCUT2D eigenvalue weighted by atomic mass is 16.5. The lowest BCUT2D eigenvalue weighted by Gasteiger charge is -2.20. The van der Waals surface area contributed by atoms with Gasteiger partial charge in [0.25, 0.3) is 0 Å². The predicted octanol–water partition coefficient (Wildman–Crippen LogP) is 2.23. The first-order valence-corrected chi connectivity index (χ1v) is 7.07. The second kappa shape index (κ2) is 6.15. The Balaban J connectivity index is 1.67. The number of nitrogens with zero attached hydrogens (tertiary/aromatic N) is 2. The Morgan fingerprint density at radius 2 is 2.10 bits per heavy atom. The van der Waals surface area contributed by atoms with Gasteiger partial charge < -0.3 is 15.0 Å². The zero-order chi connectivity index (χ0) is 13.8. The highest BCUT2D eigenvalue weighted by Gasteiger charge is 2.20. The van der Waals surface area contributed by atoms with Crippen molar-refractivity contribution in [1.29, 1.82) is 0 Å². The number of hydrogen-bond acceptors (Lipinski definition) is 5. The van der Waals surface area contributed by atoms with Crippen LogP contribution in [0.3, 0.4) is 0 Å². The van der Waals surface area contributed by atoms with Crippen molar-refractivity contribution in [3.63, 3.8) is 0 Å². The van der Waals surface area contributed by atoms with Gasteiger partial charge in [-0.3, -0.25) is 0 Å². The number of nitrogens with two attached hydrogens (primary N) is 1. The van der Waals surface area contributed by atoms with Crippen LogP contribution >= 0.6 is 0 Å². The molecule has 106 valence electrons. The number of ether oxygens (including phenoxy) is 1. The lowest BCUT2D eigenvalue weighted by atomic mass is 10.1. The van der Waals surface area contributed by atoms with E-state index in [1.54, 1.807) is 0 Å². The number of rotatable bonds is 4. The summed E-state index contributed by atoms with van der Waals surface area (Å²) in [7, 11) is 0. The monoisotopic (exact) mass is 273 g/mol. The van der Waals surface area contributed by atoms with Gasteiger partial charge >= 0.3 is 0 Å². The van der Waals surface area contributed by atoms with Crippen LogP contribution in [-0.2, 0) is 11.2 Å². The number of aromatic nitrogens is 2. The molecule has 1 saturated heterocycles. The maximum Gasteiger partial charge on any atom is 0.248 e. The molecule has 0 spiro atoms. The second-order valence-electron chi connectivity index (χ2n) is 5.13. The summed E-state index contributed by atoms with van der Waals surface area (Å²) in [6.07, 6.45) is 4.33. The summed E-state index contributed by atoms with van der Waals surface area (Å²) in [6.45, 7) is 0.832. The molecule has 20 heavy (non-hydrogen) atoms. The molecular formula is C15H19N3O2. The number of hydrogen-bond donors (Lipinski definition) is 1. The van der Waals surface area contributed by atoms with Gasteiger partial charge in [-0.25, -0.2) is 0 Å². The third-order valence-corrected chi connectivity index (χ3v) is 3.59. The summed E-state index contributed by atoms with van der Waals surface area (Å²) in [5.74, 6) is 1.14. The van der Waals surface area contributed by atoms with Crippen LogP contribution in [0.4, 0.5) is 0 Å². The first-order chi connectivity index (χ1) is 9.83. The van der Waals surface area contributed by atoms with Crippen molar-refractivity contribution in [2.45, 2.75) is 37.8 Å². The van der Waals surface area contributed by atoms with Crippen LogP contribution in [0.1, 0.15) is 42.6 Å². The van der Waals surface area contributed by atoms with E-state index in [0.29, 0.717) is 18.1 Å². The van der Waals surface area contributed by atoms with Crippen molar-refractivity contribution in [1.82, 2.24) is 10.1 Å². The molecular weight excluding hydrogens is 254 g/mol. The third-order valence-electron chi connectivity index (χ3n) is 3.59. The van der Waals surface area contributed by atoms with Gasteiger partial charge in [0.05, 0.1) is 6.10 Å². The van der Waals surface area contributed by atoms with Crippen LogP contribution in [0, 0.1) is 0 Å². The first kappa shape index (κ1) is 13.3. The summed E-state index contributed by atoms with van der Waals surface area (Å²) in [4.78, 5) is 4.40. The molecule has 2 N–H and O–H groups in total. The Bertz CT molecular complexity index is 535. The molecule has 2 heterocycles. The summed E-state index contributed by atoms with van der Waals surface area (Å²) in [6, 6.07) is 9.39. The SMILES string of the molecule is N[C@@H](c1ccccc1)c1nc(CC2CCCCO2)no1. The topological polar surface area (TPSA) is 74.2 Å². The fourth-order valence-corrected chi connectivity index (χ4v) is 2.45. The maximum atomic E-state index is 6.14. The van der Waals surface area contributed by atoms with Crippen LogP contribution < -0.4 is 5.73 Å². The Kier molecular flexibility index (Phi) is 4.08. The minimum Gasteiger partial charge on any atom is -0.378 e. The van der Waals surface area contributed by atoms with Crippen LogP contribution in [0.15, 0.2) is 34.9 Å². The van der Waals surface area contributed by atoms with Gasteiger partial charge in [0.2, 0.25) is 5.89 Å². The molecule has 1 fully saturated rings. The van der Waals surface area contributed by atoms with E-state index in [-0.39, 0.29) is 12.1 Å². The van der Waals surface area contributed by atoms with Gasteiger partial charge in [-0.1, -0.05) is 35.5 Å². The molecule has 0 radical (unpaired) electrons. The van der Waals surface area contributed by atoms with Gasteiger partial charge in [0.1, 0.15) is 6.04 Å². The molecule has 1 unspecified atom stereocenters. The molecule has 1 aliphatic rings. The van der Waals surface area contributed by atoms with Crippen LogP contribution in [0.25, 0.3) is 0 Å². The van der Waals surface area contributed by atoms with E-state index < -0.39 is 0 Å². The van der Waals surface area contributed by atoms with Crippen molar-refractivity contribution in [3.05, 3.63) is 47.6 Å². The summed E-state index contributed by atoms with van der Waals surface area (Å²) in [5.41, 5.74) is 7.10. The standard InChI is InChI=1S/C15H19N3O2/c16-14(11-6-2-1-3-7-11)15-17-13(18-20-15)10-12-8-4-5-9-19-12/h1-3,6-7,12,14H,4-5,8-10,16H2/t12?,14-/m0/s1. The molecule has 0 saturated carbocycles. The van der Waals surface area contributed by atoms with Crippen LogP contribution in [0.5, 0.6) is 0 Å². The van der Waals surface area contributed by atoms with E-state index in [1.165, 1.54) is 6.42 Å². The summed E-state index contributed by atoms with van der Waals surface area (Å²) >= 11 is 0. The molecule has 5 nitrogen and oxygen atoms in total. The van der Waals surface area contributed by atoms with Crippen molar-refractivity contribution in [2.24, 2.45) is 5.73 Å². The average Bonchev–Trinajstić information content (AvgIpc) is 2.97. The zero-order valence-electron chi connectivity index (χ0n) is 11.4. The maximum absolute atomic E-state index is 6.14. The molecule has 1 aromatic heterocycles. The molecule has 0 aliphatic carbocycles. The van der Waals surface area contributed by atoms with E-state index in [4.69, 9.17) is 15.0 Å². The van der Waals surface area contributed by atoms with E-state index in [9.17, 15) is 0 Å². The van der Waals surface area contributed by atoms with Crippen LogP contribution in [-0.4, -0.2) is 22.9 Å². The van der Waals surface area contributed by atoms with E-state index in [2.05, 4.69) is 10.1 Å². The van der Waals surface area contributed by atoms with Crippen molar-refractivity contribution in [3.8, 4) is 0 Å². The lowest BCUT2D eigenvalue weighted by molar-refractivity contribution is 0.0153. The predicted molar refractivity (Wildman–Crippen MR) is 74.1 cm³/mol. The molecule has 3 rings (SSSR count). The summed E-state index contributed by atoms with van der Waals surface area (Å²) < 4.78 is 11.0. The van der Waals surface area contributed by atoms with Crippen LogP contribution in [0.2, 0.25) is 0 Å². The highest BCUT2D eigenvalue weighted by molar-refractivity contribution is 5.22. The smallest absolute Gasteiger partial charge is 0.248 e. The highest BCUT2D eigenvalue weighted by Crippen LogP contribution is 2.20. The molecule has 0 amide bonds. The Morgan fingerprint density at radius 3 is 2.85 bits per heavy atom. The molecule has 1 aliphatic heterocycles. The second-order valence-corrected chi connectivity index (χ2v) is 5.13. The van der Waals surface area contributed by atoms with Crippen molar-refractivity contribution in [2.75, 3.05) is 6.61 Å². The minimum atomic E-state index is -0.371. The average molecular weight is 273 g/mol. The Morgan fingerprint density at radius 1 is 1.25 bits per heavy atom.